The Hall–Kier alpha value is 1.27. The first-order chi connectivity index (χ1) is 9.56. The molecule has 22 heavy (non-hydrogen) atoms. The maximum absolute atomic E-state index is 10.1. The van der Waals surface area contributed by atoms with Crippen LogP contribution in [0.15, 0.2) is 0 Å². The van der Waals surface area contributed by atoms with Gasteiger partial charge in [-0.05, 0) is 57.0 Å². The fourth-order valence-corrected chi connectivity index (χ4v) is 3.60. The van der Waals surface area contributed by atoms with Crippen molar-refractivity contribution in [2.45, 2.75) is 59.5 Å². The summed E-state index contributed by atoms with van der Waals surface area (Å²) in [6.45, 7) is 11.2. The Bertz CT molecular complexity index is 309. The van der Waals surface area contributed by atoms with E-state index < -0.39 is 0 Å². The predicted molar refractivity (Wildman–Crippen MR) is 122 cm³/mol. The lowest BCUT2D eigenvalue weighted by atomic mass is 10.4. The van der Waals surface area contributed by atoms with Gasteiger partial charge in [0.1, 0.15) is 0 Å². The van der Waals surface area contributed by atoms with Gasteiger partial charge < -0.3 is 0 Å². The molecule has 0 radical (unpaired) electrons. The molecule has 0 spiro atoms. The lowest BCUT2D eigenvalue weighted by Crippen LogP contribution is -1.79. The Morgan fingerprint density at radius 3 is 1.09 bits per heavy atom. The van der Waals surface area contributed by atoms with E-state index in [-0.39, 0.29) is 17.7 Å². The van der Waals surface area contributed by atoms with Gasteiger partial charge in [0.25, 0.3) is 0 Å². The summed E-state index contributed by atoms with van der Waals surface area (Å²) in [6.07, 6.45) is 0. The quantitative estimate of drug-likeness (QED) is 0.235. The number of carbonyl (C=O) groups excluding carboxylic acids is 2. The molecule has 0 aromatic carbocycles. The maximum atomic E-state index is 10.1. The van der Waals surface area contributed by atoms with Crippen LogP contribution in [-0.2, 0) is 9.59 Å². The summed E-state index contributed by atoms with van der Waals surface area (Å²) in [5.74, 6) is 0. The monoisotopic (exact) mass is 436 g/mol. The summed E-state index contributed by atoms with van der Waals surface area (Å²) in [5.41, 5.74) is 0. The largest absolute Gasteiger partial charge is 0.287 e. The standard InChI is InChI=1S/C4H6O2S2.C4H6S4.C4H8S.CH4/c2*1-3(5)7-8-4(2)6;1-3-4(2)5-3;/h2*1-2H3;3-4H,1-2H3;1H4. The number of thiocarbonyl (C=S) groups is 2. The van der Waals surface area contributed by atoms with Crippen molar-refractivity contribution in [2.24, 2.45) is 0 Å². The summed E-state index contributed by atoms with van der Waals surface area (Å²) < 4.78 is 1.86. The van der Waals surface area contributed by atoms with Crippen LogP contribution in [0.1, 0.15) is 49.0 Å². The fourth-order valence-electron chi connectivity index (χ4n) is 0.528. The summed E-state index contributed by atoms with van der Waals surface area (Å²) in [7, 11) is 5.03. The van der Waals surface area contributed by atoms with Crippen molar-refractivity contribution in [3.63, 3.8) is 0 Å². The molecule has 1 heterocycles. The average molecular weight is 437 g/mol. The van der Waals surface area contributed by atoms with E-state index in [1.807, 2.05) is 25.6 Å². The lowest BCUT2D eigenvalue weighted by molar-refractivity contribution is -0.110. The molecule has 2 atom stereocenters. The molecular formula is C13H24O2S7. The average Bonchev–Trinajstić information content (AvgIpc) is 2.99. The van der Waals surface area contributed by atoms with E-state index in [0.717, 1.165) is 40.5 Å². The molecule has 2 nitrogen and oxygen atoms in total. The fraction of sp³-hybridized carbons (Fsp3) is 0.692. The summed E-state index contributed by atoms with van der Waals surface area (Å²) in [4.78, 5) is 20.3. The third kappa shape index (κ3) is 29.3. The second kappa shape index (κ2) is 17.1. The van der Waals surface area contributed by atoms with Gasteiger partial charge in [-0.2, -0.15) is 11.8 Å². The van der Waals surface area contributed by atoms with E-state index in [9.17, 15) is 9.59 Å². The minimum Gasteiger partial charge on any atom is -0.287 e. The summed E-state index contributed by atoms with van der Waals surface area (Å²) in [5, 5.41) is 1.86. The second-order valence-corrected chi connectivity index (χ2v) is 12.4. The molecule has 1 aliphatic rings. The van der Waals surface area contributed by atoms with Crippen molar-refractivity contribution in [1.29, 1.82) is 0 Å². The van der Waals surface area contributed by atoms with Crippen LogP contribution < -0.4 is 0 Å². The molecule has 0 amide bonds. The lowest BCUT2D eigenvalue weighted by Gasteiger charge is -1.91. The van der Waals surface area contributed by atoms with Crippen molar-refractivity contribution < 1.29 is 9.59 Å². The second-order valence-electron chi connectivity index (χ2n) is 3.85. The normalized spacial score (nSPS) is 17.5. The van der Waals surface area contributed by atoms with Crippen molar-refractivity contribution in [2.75, 3.05) is 0 Å². The third-order valence-corrected chi connectivity index (χ3v) is 8.57. The van der Waals surface area contributed by atoms with Gasteiger partial charge in [-0.25, -0.2) is 0 Å². The van der Waals surface area contributed by atoms with Gasteiger partial charge in [0, 0.05) is 24.3 Å². The van der Waals surface area contributed by atoms with Gasteiger partial charge in [-0.3, -0.25) is 9.59 Å². The number of hydrogen-bond donors (Lipinski definition) is 0. The zero-order valence-electron chi connectivity index (χ0n) is 12.8. The smallest absolute Gasteiger partial charge is 0.196 e. The molecule has 2 unspecified atom stereocenters. The van der Waals surface area contributed by atoms with Crippen LogP contribution >= 0.6 is 79.4 Å². The zero-order valence-corrected chi connectivity index (χ0v) is 18.5. The highest BCUT2D eigenvalue weighted by Gasteiger charge is 2.27. The van der Waals surface area contributed by atoms with Gasteiger partial charge in [-0.1, -0.05) is 45.7 Å². The first-order valence-corrected chi connectivity index (χ1v) is 12.0. The van der Waals surface area contributed by atoms with Crippen LogP contribution in [0.2, 0.25) is 0 Å². The SMILES string of the molecule is C.CC(=O)SSC(C)=O.CC(=S)SSC(C)=S.CC1SC1C. The molecule has 0 N–H and O–H groups in total. The minimum absolute atomic E-state index is 0. The molecule has 1 saturated heterocycles. The van der Waals surface area contributed by atoms with Crippen LogP contribution in [-0.4, -0.2) is 29.1 Å². The van der Waals surface area contributed by atoms with Gasteiger partial charge >= 0.3 is 0 Å². The first-order valence-electron chi connectivity index (χ1n) is 5.93. The maximum Gasteiger partial charge on any atom is 0.196 e. The van der Waals surface area contributed by atoms with Gasteiger partial charge in [0.05, 0.1) is 8.39 Å². The summed E-state index contributed by atoms with van der Waals surface area (Å²) >= 11 is 11.6. The molecule has 1 aliphatic heterocycles. The van der Waals surface area contributed by atoms with Crippen molar-refractivity contribution >= 4 is 98.0 Å². The molecule has 0 aliphatic carbocycles. The molecule has 130 valence electrons. The van der Waals surface area contributed by atoms with Crippen LogP contribution in [0.3, 0.4) is 0 Å². The number of hydrogen-bond acceptors (Lipinski definition) is 9. The Morgan fingerprint density at radius 1 is 0.773 bits per heavy atom. The van der Waals surface area contributed by atoms with Crippen LogP contribution in [0.25, 0.3) is 0 Å². The zero-order chi connectivity index (χ0) is 17.0. The topological polar surface area (TPSA) is 34.1 Å². The van der Waals surface area contributed by atoms with Crippen LogP contribution in [0.4, 0.5) is 0 Å². The molecule has 0 aromatic rings. The van der Waals surface area contributed by atoms with E-state index in [4.69, 9.17) is 24.4 Å². The van der Waals surface area contributed by atoms with E-state index in [0.29, 0.717) is 0 Å². The molecule has 1 rings (SSSR count). The molecule has 0 aromatic heterocycles. The highest BCUT2D eigenvalue weighted by Crippen LogP contribution is 2.39. The Labute approximate surface area is 166 Å². The Balaban J connectivity index is -0.000000246. The molecule has 1 fully saturated rings. The van der Waals surface area contributed by atoms with E-state index >= 15 is 0 Å². The number of thioether (sulfide) groups is 1. The van der Waals surface area contributed by atoms with Gasteiger partial charge in [-0.15, -0.1) is 0 Å². The Morgan fingerprint density at radius 2 is 1.00 bits per heavy atom. The molecule has 0 bridgehead atoms. The molecular weight excluding hydrogens is 413 g/mol. The number of rotatable bonds is 0. The highest BCUT2D eigenvalue weighted by molar-refractivity contribution is 8.89. The van der Waals surface area contributed by atoms with Crippen molar-refractivity contribution in [3.8, 4) is 0 Å². The Kier molecular flexibility index (Phi) is 21.8. The van der Waals surface area contributed by atoms with E-state index in [2.05, 4.69) is 13.8 Å². The minimum atomic E-state index is -0.0369. The van der Waals surface area contributed by atoms with E-state index in [1.165, 1.54) is 13.8 Å². The van der Waals surface area contributed by atoms with E-state index in [1.54, 1.807) is 21.6 Å². The van der Waals surface area contributed by atoms with Crippen LogP contribution in [0.5, 0.6) is 0 Å². The van der Waals surface area contributed by atoms with Crippen LogP contribution in [0, 0.1) is 0 Å². The first kappa shape index (κ1) is 28.1. The molecule has 9 heteroatoms. The number of carbonyl (C=O) groups is 2. The highest BCUT2D eigenvalue weighted by atomic mass is 33.1. The van der Waals surface area contributed by atoms with Gasteiger partial charge in [0.15, 0.2) is 10.2 Å². The molecule has 0 saturated carbocycles. The van der Waals surface area contributed by atoms with Crippen molar-refractivity contribution in [1.82, 2.24) is 0 Å². The van der Waals surface area contributed by atoms with Gasteiger partial charge in [0.2, 0.25) is 0 Å². The summed E-state index contributed by atoms with van der Waals surface area (Å²) in [6, 6.07) is 0. The van der Waals surface area contributed by atoms with Crippen molar-refractivity contribution in [3.05, 3.63) is 0 Å². The predicted octanol–water partition coefficient (Wildman–Crippen LogP) is 6.67. The third-order valence-electron chi connectivity index (χ3n) is 1.57.